The van der Waals surface area contributed by atoms with E-state index in [1.165, 1.54) is 6.42 Å². The fraction of sp³-hybridized carbons (Fsp3) is 0.550. The molecule has 1 aromatic carbocycles. The lowest BCUT2D eigenvalue weighted by atomic mass is 10.1. The highest BCUT2D eigenvalue weighted by Crippen LogP contribution is 2.20. The van der Waals surface area contributed by atoms with Gasteiger partial charge in [0, 0.05) is 50.4 Å². The van der Waals surface area contributed by atoms with E-state index in [1.54, 1.807) is 0 Å². The highest BCUT2D eigenvalue weighted by molar-refractivity contribution is 6.30. The first-order chi connectivity index (χ1) is 14.2. The largest absolute Gasteiger partial charge is 0.379 e. The maximum absolute atomic E-state index is 6.04. The van der Waals surface area contributed by atoms with Crippen molar-refractivity contribution in [1.29, 1.82) is 0 Å². The quantitative estimate of drug-likeness (QED) is 0.588. The second-order valence-corrected chi connectivity index (χ2v) is 7.87. The molecule has 0 aliphatic carbocycles. The molecule has 9 heteroatoms. The summed E-state index contributed by atoms with van der Waals surface area (Å²) in [5.74, 6) is 2.58. The standard InChI is InChI=1S/C20H27ClN6O2/c1-22-20(27-6-5-15(14-27)13-26-7-9-28-10-8-26)23-12-18-24-19(25-29-18)16-3-2-4-17(21)11-16/h2-4,11,15H,5-10,12-14H2,1H3,(H,22,23). The Labute approximate surface area is 175 Å². The van der Waals surface area contributed by atoms with Crippen molar-refractivity contribution in [3.8, 4) is 11.4 Å². The molecular formula is C20H27ClN6O2. The number of morpholine rings is 1. The Bertz CT molecular complexity index is 836. The molecule has 2 aromatic rings. The van der Waals surface area contributed by atoms with E-state index in [-0.39, 0.29) is 0 Å². The summed E-state index contributed by atoms with van der Waals surface area (Å²) >= 11 is 6.04. The van der Waals surface area contributed by atoms with E-state index in [9.17, 15) is 0 Å². The van der Waals surface area contributed by atoms with Crippen LogP contribution in [0.2, 0.25) is 5.02 Å². The van der Waals surface area contributed by atoms with Crippen molar-refractivity contribution >= 4 is 17.6 Å². The van der Waals surface area contributed by atoms with Gasteiger partial charge in [0.2, 0.25) is 11.7 Å². The number of nitrogens with one attached hydrogen (secondary N) is 1. The van der Waals surface area contributed by atoms with Gasteiger partial charge in [-0.1, -0.05) is 28.9 Å². The molecule has 0 saturated carbocycles. The molecule has 1 unspecified atom stereocenters. The van der Waals surface area contributed by atoms with E-state index in [4.69, 9.17) is 20.9 Å². The minimum atomic E-state index is 0.435. The van der Waals surface area contributed by atoms with Crippen LogP contribution in [0, 0.1) is 5.92 Å². The Kier molecular flexibility index (Phi) is 6.63. The van der Waals surface area contributed by atoms with Gasteiger partial charge in [-0.05, 0) is 24.5 Å². The van der Waals surface area contributed by atoms with Gasteiger partial charge in [0.1, 0.15) is 0 Å². The van der Waals surface area contributed by atoms with Gasteiger partial charge in [0.15, 0.2) is 5.96 Å². The predicted octanol–water partition coefficient (Wildman–Crippen LogP) is 2.12. The fourth-order valence-electron chi connectivity index (χ4n) is 3.88. The number of guanidine groups is 1. The molecule has 1 atom stereocenters. The van der Waals surface area contributed by atoms with Crippen LogP contribution < -0.4 is 5.32 Å². The molecule has 2 saturated heterocycles. The average Bonchev–Trinajstić information content (AvgIpc) is 3.39. The van der Waals surface area contributed by atoms with Crippen molar-refractivity contribution in [2.24, 2.45) is 10.9 Å². The lowest BCUT2D eigenvalue weighted by Crippen LogP contribution is -2.42. The molecule has 0 spiro atoms. The Morgan fingerprint density at radius 2 is 2.17 bits per heavy atom. The molecule has 2 aliphatic heterocycles. The first-order valence-electron chi connectivity index (χ1n) is 10.1. The van der Waals surface area contributed by atoms with E-state index in [2.05, 4.69) is 30.2 Å². The minimum Gasteiger partial charge on any atom is -0.379 e. The number of hydrogen-bond acceptors (Lipinski definition) is 6. The Balaban J connectivity index is 1.29. The van der Waals surface area contributed by atoms with Crippen LogP contribution in [-0.2, 0) is 11.3 Å². The van der Waals surface area contributed by atoms with Gasteiger partial charge < -0.3 is 19.5 Å². The summed E-state index contributed by atoms with van der Waals surface area (Å²) in [5.41, 5.74) is 0.836. The molecule has 1 aromatic heterocycles. The monoisotopic (exact) mass is 418 g/mol. The van der Waals surface area contributed by atoms with E-state index in [0.717, 1.165) is 57.5 Å². The van der Waals surface area contributed by atoms with E-state index in [1.807, 2.05) is 31.3 Å². The summed E-state index contributed by atoms with van der Waals surface area (Å²) in [4.78, 5) is 13.7. The molecule has 2 aliphatic rings. The van der Waals surface area contributed by atoms with Gasteiger partial charge in [-0.15, -0.1) is 0 Å². The van der Waals surface area contributed by atoms with Gasteiger partial charge in [-0.25, -0.2) is 0 Å². The summed E-state index contributed by atoms with van der Waals surface area (Å²) in [5, 5.41) is 8.05. The number of likely N-dealkylation sites (tertiary alicyclic amines) is 1. The smallest absolute Gasteiger partial charge is 0.246 e. The third-order valence-corrected chi connectivity index (χ3v) is 5.60. The number of aliphatic imine (C=N–C) groups is 1. The second kappa shape index (κ2) is 9.56. The molecule has 29 heavy (non-hydrogen) atoms. The predicted molar refractivity (Wildman–Crippen MR) is 112 cm³/mol. The Morgan fingerprint density at radius 1 is 1.31 bits per heavy atom. The molecule has 0 bridgehead atoms. The fourth-order valence-corrected chi connectivity index (χ4v) is 4.07. The topological polar surface area (TPSA) is 79.0 Å². The molecule has 156 valence electrons. The van der Waals surface area contributed by atoms with Crippen LogP contribution in [0.5, 0.6) is 0 Å². The Hall–Kier alpha value is -2.16. The van der Waals surface area contributed by atoms with Crippen LogP contribution in [-0.4, -0.2) is 78.9 Å². The van der Waals surface area contributed by atoms with Gasteiger partial charge >= 0.3 is 0 Å². The van der Waals surface area contributed by atoms with Gasteiger partial charge in [-0.3, -0.25) is 9.89 Å². The van der Waals surface area contributed by atoms with Crippen LogP contribution in [0.15, 0.2) is 33.8 Å². The molecular weight excluding hydrogens is 392 g/mol. The third kappa shape index (κ3) is 5.26. The van der Waals surface area contributed by atoms with Crippen molar-refractivity contribution in [2.45, 2.75) is 13.0 Å². The van der Waals surface area contributed by atoms with Crippen LogP contribution in [0.4, 0.5) is 0 Å². The molecule has 1 N–H and O–H groups in total. The molecule has 0 radical (unpaired) electrons. The molecule has 0 amide bonds. The second-order valence-electron chi connectivity index (χ2n) is 7.44. The summed E-state index contributed by atoms with van der Waals surface area (Å²) in [6.45, 7) is 7.35. The normalized spacial score (nSPS) is 21.0. The highest BCUT2D eigenvalue weighted by atomic mass is 35.5. The number of rotatable bonds is 5. The van der Waals surface area contributed by atoms with Crippen LogP contribution in [0.3, 0.4) is 0 Å². The third-order valence-electron chi connectivity index (χ3n) is 5.37. The lowest BCUT2D eigenvalue weighted by molar-refractivity contribution is 0.0315. The van der Waals surface area contributed by atoms with E-state index < -0.39 is 0 Å². The maximum atomic E-state index is 6.04. The van der Waals surface area contributed by atoms with Crippen molar-refractivity contribution in [3.05, 3.63) is 35.2 Å². The summed E-state index contributed by atoms with van der Waals surface area (Å²) in [7, 11) is 1.81. The van der Waals surface area contributed by atoms with Gasteiger partial charge in [-0.2, -0.15) is 4.98 Å². The molecule has 3 heterocycles. The lowest BCUT2D eigenvalue weighted by Gasteiger charge is -2.29. The van der Waals surface area contributed by atoms with Gasteiger partial charge in [0.25, 0.3) is 0 Å². The zero-order chi connectivity index (χ0) is 20.1. The molecule has 8 nitrogen and oxygen atoms in total. The first-order valence-corrected chi connectivity index (χ1v) is 10.4. The van der Waals surface area contributed by atoms with Crippen molar-refractivity contribution in [1.82, 2.24) is 25.3 Å². The SMILES string of the molecule is CN=C(NCc1nc(-c2cccc(Cl)c2)no1)N1CCC(CN2CCOCC2)C1. The maximum Gasteiger partial charge on any atom is 0.246 e. The minimum absolute atomic E-state index is 0.435. The number of ether oxygens (including phenoxy) is 1. The number of nitrogens with zero attached hydrogens (tertiary/aromatic N) is 5. The zero-order valence-electron chi connectivity index (χ0n) is 16.7. The summed E-state index contributed by atoms with van der Waals surface area (Å²) < 4.78 is 10.8. The van der Waals surface area contributed by atoms with Crippen LogP contribution in [0.25, 0.3) is 11.4 Å². The molecule has 4 rings (SSSR count). The Morgan fingerprint density at radius 3 is 2.97 bits per heavy atom. The van der Waals surface area contributed by atoms with Crippen LogP contribution in [0.1, 0.15) is 12.3 Å². The van der Waals surface area contributed by atoms with Crippen molar-refractivity contribution in [3.63, 3.8) is 0 Å². The summed E-state index contributed by atoms with van der Waals surface area (Å²) in [6.07, 6.45) is 1.18. The van der Waals surface area contributed by atoms with Gasteiger partial charge in [0.05, 0.1) is 19.8 Å². The summed E-state index contributed by atoms with van der Waals surface area (Å²) in [6, 6.07) is 7.42. The number of benzene rings is 1. The molecule has 2 fully saturated rings. The zero-order valence-corrected chi connectivity index (χ0v) is 17.4. The van der Waals surface area contributed by atoms with Crippen molar-refractivity contribution in [2.75, 3.05) is 53.0 Å². The highest BCUT2D eigenvalue weighted by Gasteiger charge is 2.27. The number of hydrogen-bond donors (Lipinski definition) is 1. The van der Waals surface area contributed by atoms with E-state index in [0.29, 0.717) is 29.2 Å². The van der Waals surface area contributed by atoms with E-state index >= 15 is 0 Å². The number of aromatic nitrogens is 2. The van der Waals surface area contributed by atoms with Crippen molar-refractivity contribution < 1.29 is 9.26 Å². The average molecular weight is 419 g/mol. The number of halogens is 1. The van der Waals surface area contributed by atoms with Crippen LogP contribution >= 0.6 is 11.6 Å². The first kappa shape index (κ1) is 20.1.